The van der Waals surface area contributed by atoms with Crippen LogP contribution in [0.4, 0.5) is 5.69 Å². The van der Waals surface area contributed by atoms with Gasteiger partial charge in [0.15, 0.2) is 0 Å². The molecular weight excluding hydrogens is 883 g/mol. The van der Waals surface area contributed by atoms with Gasteiger partial charge < -0.3 is 10.5 Å². The third kappa shape index (κ3) is 6.94. The van der Waals surface area contributed by atoms with Gasteiger partial charge in [0, 0.05) is 17.1 Å². The van der Waals surface area contributed by atoms with Crippen molar-refractivity contribution in [3.8, 4) is 0 Å². The van der Waals surface area contributed by atoms with E-state index in [2.05, 4.69) is 121 Å². The molecule has 44 heavy (non-hydrogen) atoms. The van der Waals surface area contributed by atoms with Gasteiger partial charge in [-0.05, 0) is 184 Å². The number of carbonyl (C=O) groups is 1. The van der Waals surface area contributed by atoms with Crippen LogP contribution in [0.2, 0.25) is 0 Å². The van der Waals surface area contributed by atoms with Gasteiger partial charge in [-0.15, -0.1) is 0 Å². The highest BCUT2D eigenvalue weighted by Gasteiger charge is 2.59. The monoisotopic (exact) mass is 939 g/mol. The quantitative estimate of drug-likeness (QED) is 0.110. The Morgan fingerprint density at radius 3 is 2.48 bits per heavy atom. The van der Waals surface area contributed by atoms with Crippen LogP contribution in [-0.4, -0.2) is 12.1 Å². The summed E-state index contributed by atoms with van der Waals surface area (Å²) in [7, 11) is 0. The van der Waals surface area contributed by atoms with Gasteiger partial charge in [0.05, 0.1) is 11.6 Å². The zero-order valence-corrected chi connectivity index (χ0v) is 34.5. The van der Waals surface area contributed by atoms with Crippen LogP contribution in [0.1, 0.15) is 124 Å². The normalized spacial score (nSPS) is 34.5. The van der Waals surface area contributed by atoms with Gasteiger partial charge in [-0.3, -0.25) is 4.79 Å². The van der Waals surface area contributed by atoms with E-state index in [-0.39, 0.29) is 23.4 Å². The van der Waals surface area contributed by atoms with Crippen molar-refractivity contribution >= 4 is 79.4 Å². The van der Waals surface area contributed by atoms with Crippen LogP contribution in [-0.2, 0) is 16.0 Å². The molecule has 0 spiro atoms. The number of rotatable bonds is 10. The van der Waals surface area contributed by atoms with Crippen molar-refractivity contribution in [3.05, 3.63) is 34.0 Å². The standard InChI is InChI=1S/C38H56I3NO2/c1-7-24(19-28-32(39)21-33(40)35(42)34(28)41)36(43)44-26-15-17-37(5)25(20-26)11-12-27-30-14-13-29(23(4)10-8-9-22(2)3)38(30,6)18-16-31(27)37/h11,21-24,26-27,29-31H,7-10,12-20,42H2,1-6H3. The number of carbonyl (C=O) groups excluding carboxylic acids is 1. The van der Waals surface area contributed by atoms with Crippen molar-refractivity contribution in [3.63, 3.8) is 0 Å². The summed E-state index contributed by atoms with van der Waals surface area (Å²) in [6.07, 6.45) is 18.4. The number of allylic oxidation sites excluding steroid dienone is 1. The van der Waals surface area contributed by atoms with Crippen molar-refractivity contribution in [1.82, 2.24) is 0 Å². The summed E-state index contributed by atoms with van der Waals surface area (Å²) in [6.45, 7) is 14.7. The minimum Gasteiger partial charge on any atom is -0.462 e. The van der Waals surface area contributed by atoms with Crippen molar-refractivity contribution in [1.29, 1.82) is 0 Å². The van der Waals surface area contributed by atoms with E-state index in [0.717, 1.165) is 74.0 Å². The average molecular weight is 940 g/mol. The number of nitrogens with two attached hydrogens (primary N) is 1. The number of anilines is 1. The fourth-order valence-electron chi connectivity index (χ4n) is 10.5. The second kappa shape index (κ2) is 14.5. The maximum absolute atomic E-state index is 13.6. The molecule has 3 saturated carbocycles. The van der Waals surface area contributed by atoms with E-state index in [0.29, 0.717) is 11.8 Å². The highest BCUT2D eigenvalue weighted by Crippen LogP contribution is 2.67. The Kier molecular flexibility index (Phi) is 11.8. The van der Waals surface area contributed by atoms with Crippen LogP contribution in [0, 0.1) is 63.0 Å². The second-order valence-electron chi connectivity index (χ2n) is 15.9. The van der Waals surface area contributed by atoms with Crippen molar-refractivity contribution < 1.29 is 9.53 Å². The lowest BCUT2D eigenvalue weighted by Crippen LogP contribution is -2.51. The van der Waals surface area contributed by atoms with E-state index in [1.54, 1.807) is 5.57 Å². The van der Waals surface area contributed by atoms with Crippen LogP contribution in [0.3, 0.4) is 0 Å². The topological polar surface area (TPSA) is 52.3 Å². The number of nitrogen functional groups attached to an aromatic ring is 1. The van der Waals surface area contributed by atoms with Crippen molar-refractivity contribution in [2.75, 3.05) is 5.73 Å². The molecule has 0 amide bonds. The zero-order valence-electron chi connectivity index (χ0n) is 28.0. The highest BCUT2D eigenvalue weighted by molar-refractivity contribution is 14.1. The number of halogens is 3. The van der Waals surface area contributed by atoms with Gasteiger partial charge in [0.25, 0.3) is 0 Å². The van der Waals surface area contributed by atoms with E-state index in [4.69, 9.17) is 10.5 Å². The Bertz CT molecular complexity index is 1240. The number of benzene rings is 1. The molecule has 246 valence electrons. The number of hydrogen-bond donors (Lipinski definition) is 1. The summed E-state index contributed by atoms with van der Waals surface area (Å²) in [6, 6.07) is 2.13. The minimum absolute atomic E-state index is 0.0174. The molecule has 3 fully saturated rings. The van der Waals surface area contributed by atoms with Gasteiger partial charge in [0.1, 0.15) is 6.10 Å². The smallest absolute Gasteiger partial charge is 0.309 e. The molecule has 0 bridgehead atoms. The summed E-state index contributed by atoms with van der Waals surface area (Å²) in [5.74, 6) is 4.96. The van der Waals surface area contributed by atoms with E-state index >= 15 is 0 Å². The maximum atomic E-state index is 13.6. The first kappa shape index (κ1) is 35.7. The Balaban J connectivity index is 1.23. The Morgan fingerprint density at radius 2 is 1.77 bits per heavy atom. The summed E-state index contributed by atoms with van der Waals surface area (Å²) in [5, 5.41) is 0. The molecule has 0 aromatic heterocycles. The highest BCUT2D eigenvalue weighted by atomic mass is 127. The van der Waals surface area contributed by atoms with Crippen LogP contribution in [0.25, 0.3) is 0 Å². The Hall–Kier alpha value is 0.420. The zero-order chi connectivity index (χ0) is 32.0. The molecule has 6 heteroatoms. The number of fused-ring (bicyclic) bond motifs is 5. The molecular formula is C38H56I3NO2. The molecule has 4 aliphatic rings. The molecule has 0 heterocycles. The first-order valence-electron chi connectivity index (χ1n) is 17.6. The second-order valence-corrected chi connectivity index (χ2v) is 19.4. The largest absolute Gasteiger partial charge is 0.462 e. The van der Waals surface area contributed by atoms with Crippen LogP contribution < -0.4 is 5.73 Å². The third-order valence-electron chi connectivity index (χ3n) is 13.1. The van der Waals surface area contributed by atoms with E-state index in [1.165, 1.54) is 60.5 Å². The molecule has 0 aliphatic heterocycles. The first-order valence-corrected chi connectivity index (χ1v) is 20.9. The Morgan fingerprint density at radius 1 is 1.02 bits per heavy atom. The molecule has 9 atom stereocenters. The molecule has 0 radical (unpaired) electrons. The Labute approximate surface area is 309 Å². The van der Waals surface area contributed by atoms with Crippen LogP contribution in [0.15, 0.2) is 17.7 Å². The number of hydrogen-bond acceptors (Lipinski definition) is 3. The number of ether oxygens (including phenoxy) is 1. The molecule has 2 N–H and O–H groups in total. The summed E-state index contributed by atoms with van der Waals surface area (Å²) in [4.78, 5) is 13.6. The van der Waals surface area contributed by atoms with Gasteiger partial charge >= 0.3 is 5.97 Å². The van der Waals surface area contributed by atoms with Crippen molar-refractivity contribution in [2.45, 2.75) is 131 Å². The predicted octanol–water partition coefficient (Wildman–Crippen LogP) is 11.6. The lowest BCUT2D eigenvalue weighted by Gasteiger charge is -2.58. The van der Waals surface area contributed by atoms with Crippen LogP contribution in [0.5, 0.6) is 0 Å². The fourth-order valence-corrected chi connectivity index (χ4v) is 14.3. The van der Waals surface area contributed by atoms with Gasteiger partial charge in [-0.1, -0.05) is 72.5 Å². The molecule has 3 nitrogen and oxygen atoms in total. The molecule has 4 aliphatic carbocycles. The van der Waals surface area contributed by atoms with Gasteiger partial charge in [-0.25, -0.2) is 0 Å². The fraction of sp³-hybridized carbons (Fsp3) is 0.763. The molecule has 1 aromatic rings. The van der Waals surface area contributed by atoms with Gasteiger partial charge in [-0.2, -0.15) is 0 Å². The first-order chi connectivity index (χ1) is 20.8. The lowest BCUT2D eigenvalue weighted by molar-refractivity contribution is -0.156. The minimum atomic E-state index is -0.131. The van der Waals surface area contributed by atoms with E-state index in [1.807, 2.05) is 0 Å². The molecule has 5 rings (SSSR count). The lowest BCUT2D eigenvalue weighted by atomic mass is 9.47. The SMILES string of the molecule is CCC(Cc1c(I)cc(I)c(N)c1I)C(=O)OC1CCC2(C)C(=CCC3C2CCC2(C)C(C(C)CCCC(C)C)CCC32)C1. The summed E-state index contributed by atoms with van der Waals surface area (Å²) in [5.41, 5.74) is 10.8. The van der Waals surface area contributed by atoms with E-state index < -0.39 is 0 Å². The van der Waals surface area contributed by atoms with E-state index in [9.17, 15) is 4.79 Å². The van der Waals surface area contributed by atoms with Crippen molar-refractivity contribution in [2.24, 2.45) is 52.3 Å². The molecule has 9 unspecified atom stereocenters. The summed E-state index contributed by atoms with van der Waals surface area (Å²) < 4.78 is 9.68. The molecule has 1 aromatic carbocycles. The third-order valence-corrected chi connectivity index (χ3v) is 16.2. The maximum Gasteiger partial charge on any atom is 0.309 e. The van der Waals surface area contributed by atoms with Crippen LogP contribution >= 0.6 is 67.8 Å². The average Bonchev–Trinajstić information content (AvgIpc) is 3.33. The summed E-state index contributed by atoms with van der Waals surface area (Å²) >= 11 is 7.04. The molecule has 0 saturated heterocycles. The predicted molar refractivity (Wildman–Crippen MR) is 209 cm³/mol. The number of esters is 1. The van der Waals surface area contributed by atoms with Gasteiger partial charge in [0.2, 0.25) is 0 Å².